The molecule has 0 fully saturated rings. The number of carbonyl (C=O) groups is 1. The number of aliphatic carboxylic acids is 1. The highest BCUT2D eigenvalue weighted by Gasteiger charge is 1.98. The van der Waals surface area contributed by atoms with Crippen molar-refractivity contribution in [1.82, 2.24) is 0 Å². The molecule has 0 aromatic heterocycles. The molecule has 3 heteroatoms. The van der Waals surface area contributed by atoms with Crippen molar-refractivity contribution in [1.29, 1.82) is 0 Å². The molecule has 13 heavy (non-hydrogen) atoms. The first-order valence-corrected chi connectivity index (χ1v) is 4.76. The number of unbranched alkanes of at least 4 members (excludes halogenated alkanes) is 3. The van der Waals surface area contributed by atoms with Gasteiger partial charge in [0.25, 0.3) is 0 Å². The van der Waals surface area contributed by atoms with Gasteiger partial charge in [-0.05, 0) is 18.9 Å². The van der Waals surface area contributed by atoms with Gasteiger partial charge in [0.05, 0.1) is 12.2 Å². The first kappa shape index (κ1) is 12.0. The summed E-state index contributed by atoms with van der Waals surface area (Å²) in [4.78, 5) is 10.1. The maximum absolute atomic E-state index is 10.1. The molecule has 0 aromatic rings. The number of carboxylic acid groups (broad SMARTS) is 1. The summed E-state index contributed by atoms with van der Waals surface area (Å²) in [5, 5.41) is 17.5. The number of aliphatic hydroxyl groups is 1. The smallest absolute Gasteiger partial charge is 0.303 e. The largest absolute Gasteiger partial charge is 0.513 e. The topological polar surface area (TPSA) is 57.5 Å². The molecule has 0 aromatic carbocycles. The lowest BCUT2D eigenvalue weighted by Crippen LogP contribution is -1.95. The van der Waals surface area contributed by atoms with Crippen LogP contribution in [0.4, 0.5) is 0 Å². The number of hydrogen-bond donors (Lipinski definition) is 2. The molecule has 0 bridgehead atoms. The molecule has 0 atom stereocenters. The second-order valence-corrected chi connectivity index (χ2v) is 3.08. The molecule has 0 saturated carbocycles. The van der Waals surface area contributed by atoms with Crippen LogP contribution in [0.5, 0.6) is 0 Å². The summed E-state index contributed by atoms with van der Waals surface area (Å²) >= 11 is 0. The third-order valence-corrected chi connectivity index (χ3v) is 1.78. The van der Waals surface area contributed by atoms with Crippen LogP contribution in [0.15, 0.2) is 11.8 Å². The second kappa shape index (κ2) is 7.65. The van der Waals surface area contributed by atoms with Crippen LogP contribution in [-0.2, 0) is 4.79 Å². The van der Waals surface area contributed by atoms with E-state index in [4.69, 9.17) is 5.11 Å². The fourth-order valence-electron chi connectivity index (χ4n) is 1.00. The summed E-state index contributed by atoms with van der Waals surface area (Å²) in [6.07, 6.45) is 6.20. The summed E-state index contributed by atoms with van der Waals surface area (Å²) in [6, 6.07) is 0. The number of aliphatic hydroxyl groups excluding tert-OH is 1. The van der Waals surface area contributed by atoms with E-state index in [0.29, 0.717) is 0 Å². The minimum atomic E-state index is -0.867. The average molecular weight is 186 g/mol. The molecule has 0 unspecified atom stereocenters. The highest BCUT2D eigenvalue weighted by Crippen LogP contribution is 2.06. The van der Waals surface area contributed by atoms with Crippen LogP contribution < -0.4 is 0 Å². The molecule has 0 heterocycles. The maximum atomic E-state index is 10.1. The maximum Gasteiger partial charge on any atom is 0.303 e. The van der Waals surface area contributed by atoms with Gasteiger partial charge in [-0.25, -0.2) is 0 Å². The van der Waals surface area contributed by atoms with E-state index >= 15 is 0 Å². The summed E-state index contributed by atoms with van der Waals surface area (Å²) in [6.45, 7) is 2.12. The van der Waals surface area contributed by atoms with Crippen molar-refractivity contribution in [3.05, 3.63) is 11.8 Å². The third kappa shape index (κ3) is 8.92. The van der Waals surface area contributed by atoms with Crippen molar-refractivity contribution in [2.45, 2.75) is 45.4 Å². The lowest BCUT2D eigenvalue weighted by molar-refractivity contribution is -0.137. The zero-order valence-electron chi connectivity index (χ0n) is 8.12. The van der Waals surface area contributed by atoms with Crippen molar-refractivity contribution < 1.29 is 15.0 Å². The summed E-state index contributed by atoms with van der Waals surface area (Å²) in [7, 11) is 0. The van der Waals surface area contributed by atoms with Crippen molar-refractivity contribution in [2.24, 2.45) is 0 Å². The van der Waals surface area contributed by atoms with E-state index in [0.717, 1.165) is 25.7 Å². The molecule has 0 rings (SSSR count). The monoisotopic (exact) mass is 186 g/mol. The number of carboxylic acids is 1. The molecule has 0 spiro atoms. The van der Waals surface area contributed by atoms with Crippen LogP contribution in [0.1, 0.15) is 45.4 Å². The van der Waals surface area contributed by atoms with Crippen molar-refractivity contribution in [3.8, 4) is 0 Å². The van der Waals surface area contributed by atoms with E-state index in [1.165, 1.54) is 0 Å². The van der Waals surface area contributed by atoms with Crippen molar-refractivity contribution in [2.75, 3.05) is 0 Å². The Morgan fingerprint density at radius 1 is 1.23 bits per heavy atom. The van der Waals surface area contributed by atoms with Crippen LogP contribution in [0.3, 0.4) is 0 Å². The Bertz CT molecular complexity index is 173. The third-order valence-electron chi connectivity index (χ3n) is 1.78. The Morgan fingerprint density at radius 3 is 2.46 bits per heavy atom. The Kier molecular flexibility index (Phi) is 7.07. The fourth-order valence-corrected chi connectivity index (χ4v) is 1.00. The van der Waals surface area contributed by atoms with Gasteiger partial charge in [-0.3, -0.25) is 4.79 Å². The van der Waals surface area contributed by atoms with E-state index in [9.17, 15) is 9.90 Å². The summed E-state index contributed by atoms with van der Waals surface area (Å²) in [5.41, 5.74) is 0. The summed E-state index contributed by atoms with van der Waals surface area (Å²) < 4.78 is 0. The normalized spacial score (nSPS) is 11.6. The molecule has 0 saturated heterocycles. The van der Waals surface area contributed by atoms with E-state index in [-0.39, 0.29) is 18.6 Å². The SMILES string of the molecule is CCCCCC=C(O)CCC(=O)O. The van der Waals surface area contributed by atoms with Crippen LogP contribution in [0.2, 0.25) is 0 Å². The number of rotatable bonds is 7. The zero-order chi connectivity index (χ0) is 10.1. The van der Waals surface area contributed by atoms with Gasteiger partial charge in [0.1, 0.15) is 0 Å². The van der Waals surface area contributed by atoms with Crippen molar-refractivity contribution in [3.63, 3.8) is 0 Å². The lowest BCUT2D eigenvalue weighted by atomic mass is 10.1. The van der Waals surface area contributed by atoms with Gasteiger partial charge in [-0.15, -0.1) is 0 Å². The predicted molar refractivity (Wildman–Crippen MR) is 51.7 cm³/mol. The number of hydrogen-bond acceptors (Lipinski definition) is 2. The molecule has 0 radical (unpaired) electrons. The first-order chi connectivity index (χ1) is 6.16. The average Bonchev–Trinajstić information content (AvgIpc) is 2.09. The Balaban J connectivity index is 3.45. The second-order valence-electron chi connectivity index (χ2n) is 3.08. The van der Waals surface area contributed by atoms with Gasteiger partial charge in [0.15, 0.2) is 0 Å². The number of allylic oxidation sites excluding steroid dienone is 2. The van der Waals surface area contributed by atoms with Gasteiger partial charge in [-0.2, -0.15) is 0 Å². The van der Waals surface area contributed by atoms with Gasteiger partial charge in [-0.1, -0.05) is 19.8 Å². The molecule has 0 amide bonds. The van der Waals surface area contributed by atoms with Crippen LogP contribution in [0, 0.1) is 0 Å². The fraction of sp³-hybridized carbons (Fsp3) is 0.700. The molecule has 0 aliphatic carbocycles. The van der Waals surface area contributed by atoms with E-state index in [2.05, 4.69) is 6.92 Å². The van der Waals surface area contributed by atoms with E-state index < -0.39 is 5.97 Å². The molecule has 76 valence electrons. The van der Waals surface area contributed by atoms with Gasteiger partial charge in [0, 0.05) is 6.42 Å². The summed E-state index contributed by atoms with van der Waals surface area (Å²) in [5.74, 6) is -0.660. The molecule has 3 nitrogen and oxygen atoms in total. The Morgan fingerprint density at radius 2 is 1.92 bits per heavy atom. The standard InChI is InChI=1S/C10H18O3/c1-2-3-4-5-6-9(11)7-8-10(12)13/h6,11H,2-5,7-8H2,1H3,(H,12,13). The predicted octanol–water partition coefficient (Wildman–Crippen LogP) is 2.87. The van der Waals surface area contributed by atoms with E-state index in [1.54, 1.807) is 6.08 Å². The Hall–Kier alpha value is -0.990. The van der Waals surface area contributed by atoms with Crippen molar-refractivity contribution >= 4 is 5.97 Å². The van der Waals surface area contributed by atoms with Crippen LogP contribution in [0.25, 0.3) is 0 Å². The molecule has 0 aliphatic rings. The lowest BCUT2D eigenvalue weighted by Gasteiger charge is -1.97. The minimum absolute atomic E-state index is 0.0100. The molecule has 0 aliphatic heterocycles. The minimum Gasteiger partial charge on any atom is -0.513 e. The Labute approximate surface area is 79.1 Å². The first-order valence-electron chi connectivity index (χ1n) is 4.76. The molecular formula is C10H18O3. The van der Waals surface area contributed by atoms with Crippen LogP contribution >= 0.6 is 0 Å². The van der Waals surface area contributed by atoms with Gasteiger partial charge >= 0.3 is 5.97 Å². The highest BCUT2D eigenvalue weighted by molar-refractivity contribution is 5.66. The van der Waals surface area contributed by atoms with E-state index in [1.807, 2.05) is 0 Å². The molecule has 2 N–H and O–H groups in total. The molecular weight excluding hydrogens is 168 g/mol. The highest BCUT2D eigenvalue weighted by atomic mass is 16.4. The van der Waals surface area contributed by atoms with Gasteiger partial charge < -0.3 is 10.2 Å². The quantitative estimate of drug-likeness (QED) is 0.474. The van der Waals surface area contributed by atoms with Crippen LogP contribution in [-0.4, -0.2) is 16.2 Å². The zero-order valence-corrected chi connectivity index (χ0v) is 8.12. The van der Waals surface area contributed by atoms with Gasteiger partial charge in [0.2, 0.25) is 0 Å².